The quantitative estimate of drug-likeness (QED) is 0.906. The van der Waals surface area contributed by atoms with E-state index >= 15 is 0 Å². The van der Waals surface area contributed by atoms with Crippen molar-refractivity contribution in [2.45, 2.75) is 6.54 Å². The van der Waals surface area contributed by atoms with E-state index in [1.807, 2.05) is 6.07 Å². The molecule has 108 valence electrons. The lowest BCUT2D eigenvalue weighted by Crippen LogP contribution is -2.25. The molecule has 0 fully saturated rings. The molecule has 21 heavy (non-hydrogen) atoms. The van der Waals surface area contributed by atoms with E-state index in [1.165, 1.54) is 0 Å². The predicted molar refractivity (Wildman–Crippen MR) is 76.7 cm³/mol. The molecule has 0 unspecified atom stereocenters. The summed E-state index contributed by atoms with van der Waals surface area (Å²) in [6.45, 7) is 1.16. The highest BCUT2D eigenvalue weighted by Crippen LogP contribution is 2.33. The summed E-state index contributed by atoms with van der Waals surface area (Å²) in [7, 11) is 0. The normalized spacial score (nSPS) is 12.8. The number of phenolic OH excluding ortho intramolecular Hbond substituents is 1. The first-order valence-electron chi connectivity index (χ1n) is 6.69. The highest BCUT2D eigenvalue weighted by Gasteiger charge is 2.20. The monoisotopic (exact) mass is 285 g/mol. The number of amides is 1. The van der Waals surface area contributed by atoms with Gasteiger partial charge in [-0.1, -0.05) is 24.3 Å². The number of para-hydroxylation sites is 2. The smallest absolute Gasteiger partial charge is 0.255 e. The van der Waals surface area contributed by atoms with E-state index in [1.54, 1.807) is 36.4 Å². The molecule has 2 N–H and O–H groups in total. The van der Waals surface area contributed by atoms with Gasteiger partial charge in [-0.15, -0.1) is 0 Å². The van der Waals surface area contributed by atoms with E-state index in [2.05, 4.69) is 5.32 Å². The number of phenols is 1. The van der Waals surface area contributed by atoms with Gasteiger partial charge < -0.3 is 19.9 Å². The maximum absolute atomic E-state index is 12.3. The molecule has 1 aliphatic heterocycles. The van der Waals surface area contributed by atoms with Gasteiger partial charge in [0.25, 0.3) is 5.91 Å². The van der Waals surface area contributed by atoms with Crippen molar-refractivity contribution in [1.82, 2.24) is 5.32 Å². The Kier molecular flexibility index (Phi) is 3.64. The molecule has 2 aromatic rings. The Morgan fingerprint density at radius 3 is 2.76 bits per heavy atom. The van der Waals surface area contributed by atoms with Crippen LogP contribution in [0.3, 0.4) is 0 Å². The fraction of sp³-hybridized carbons (Fsp3) is 0.188. The van der Waals surface area contributed by atoms with Gasteiger partial charge in [-0.05, 0) is 18.2 Å². The largest absolute Gasteiger partial charge is 0.508 e. The molecule has 0 radical (unpaired) electrons. The number of fused-ring (bicyclic) bond motifs is 1. The molecule has 2 aromatic carbocycles. The molecule has 0 aliphatic carbocycles. The number of hydrogen-bond acceptors (Lipinski definition) is 4. The first-order chi connectivity index (χ1) is 10.3. The van der Waals surface area contributed by atoms with E-state index < -0.39 is 0 Å². The zero-order valence-electron chi connectivity index (χ0n) is 11.3. The van der Waals surface area contributed by atoms with Gasteiger partial charge in [-0.2, -0.15) is 0 Å². The van der Waals surface area contributed by atoms with Gasteiger partial charge in [0, 0.05) is 12.1 Å². The zero-order valence-corrected chi connectivity index (χ0v) is 11.3. The Morgan fingerprint density at radius 2 is 1.90 bits per heavy atom. The van der Waals surface area contributed by atoms with Gasteiger partial charge >= 0.3 is 0 Å². The minimum absolute atomic E-state index is 0.160. The molecule has 1 aliphatic rings. The average molecular weight is 285 g/mol. The first kappa shape index (κ1) is 13.3. The molecule has 1 heterocycles. The molecule has 0 atom stereocenters. The van der Waals surface area contributed by atoms with Crippen molar-refractivity contribution in [2.75, 3.05) is 13.2 Å². The maximum atomic E-state index is 12.3. The summed E-state index contributed by atoms with van der Waals surface area (Å²) in [5.74, 6) is 0.947. The summed E-state index contributed by atoms with van der Waals surface area (Å²) in [4.78, 5) is 12.3. The van der Waals surface area contributed by atoms with Crippen LogP contribution in [0.1, 0.15) is 15.9 Å². The van der Waals surface area contributed by atoms with Gasteiger partial charge in [-0.3, -0.25) is 4.79 Å². The lowest BCUT2D eigenvalue weighted by atomic mass is 10.1. The highest BCUT2D eigenvalue weighted by atomic mass is 16.6. The molecule has 3 rings (SSSR count). The Morgan fingerprint density at radius 1 is 1.10 bits per heavy atom. The SMILES string of the molecule is O=C(NCc1ccccc1O)c1cccc2c1OCCO2. The molecule has 5 heteroatoms. The molecule has 0 spiro atoms. The fourth-order valence-corrected chi connectivity index (χ4v) is 2.18. The van der Waals surface area contributed by atoms with Gasteiger partial charge in [0.1, 0.15) is 19.0 Å². The third-order valence-electron chi connectivity index (χ3n) is 3.24. The van der Waals surface area contributed by atoms with Crippen LogP contribution in [0.4, 0.5) is 0 Å². The molecular formula is C16H15NO4. The number of benzene rings is 2. The number of aromatic hydroxyl groups is 1. The van der Waals surface area contributed by atoms with Crippen LogP contribution in [0.5, 0.6) is 17.2 Å². The molecular weight excluding hydrogens is 270 g/mol. The van der Waals surface area contributed by atoms with Crippen LogP contribution in [0, 0.1) is 0 Å². The minimum Gasteiger partial charge on any atom is -0.508 e. The van der Waals surface area contributed by atoms with E-state index in [4.69, 9.17) is 9.47 Å². The van der Waals surface area contributed by atoms with Crippen LogP contribution in [0.2, 0.25) is 0 Å². The van der Waals surface area contributed by atoms with Crippen LogP contribution in [0.25, 0.3) is 0 Å². The lowest BCUT2D eigenvalue weighted by Gasteiger charge is -2.20. The summed E-state index contributed by atoms with van der Waals surface area (Å²) in [6.07, 6.45) is 0. The molecule has 0 bridgehead atoms. The Hall–Kier alpha value is -2.69. The number of ether oxygens (including phenoxy) is 2. The Labute approximate surface area is 122 Å². The van der Waals surface area contributed by atoms with Crippen molar-refractivity contribution in [2.24, 2.45) is 0 Å². The van der Waals surface area contributed by atoms with Crippen molar-refractivity contribution >= 4 is 5.91 Å². The number of hydrogen-bond donors (Lipinski definition) is 2. The van der Waals surface area contributed by atoms with E-state index in [-0.39, 0.29) is 18.2 Å². The van der Waals surface area contributed by atoms with Gasteiger partial charge in [-0.25, -0.2) is 0 Å². The van der Waals surface area contributed by atoms with E-state index in [0.717, 1.165) is 0 Å². The number of rotatable bonds is 3. The van der Waals surface area contributed by atoms with Crippen LogP contribution in [-0.2, 0) is 6.54 Å². The molecule has 0 saturated heterocycles. The average Bonchev–Trinajstić information content (AvgIpc) is 2.53. The third kappa shape index (κ3) is 2.76. The zero-order chi connectivity index (χ0) is 14.7. The van der Waals surface area contributed by atoms with Gasteiger partial charge in [0.05, 0.1) is 5.56 Å². The summed E-state index contributed by atoms with van der Waals surface area (Å²) in [6, 6.07) is 12.1. The number of carbonyl (C=O) groups excluding carboxylic acids is 1. The van der Waals surface area contributed by atoms with E-state index in [9.17, 15) is 9.90 Å². The minimum atomic E-state index is -0.263. The fourth-order valence-electron chi connectivity index (χ4n) is 2.18. The third-order valence-corrected chi connectivity index (χ3v) is 3.24. The van der Waals surface area contributed by atoms with Crippen molar-refractivity contribution < 1.29 is 19.4 Å². The van der Waals surface area contributed by atoms with Gasteiger partial charge in [0.15, 0.2) is 11.5 Å². The topological polar surface area (TPSA) is 67.8 Å². The summed E-state index contributed by atoms with van der Waals surface area (Å²) in [5, 5.41) is 12.5. The molecule has 0 saturated carbocycles. The van der Waals surface area contributed by atoms with Crippen LogP contribution in [0.15, 0.2) is 42.5 Å². The van der Waals surface area contributed by atoms with Crippen LogP contribution in [-0.4, -0.2) is 24.2 Å². The summed E-state index contributed by atoms with van der Waals surface area (Å²) in [5.41, 5.74) is 1.09. The number of carbonyl (C=O) groups is 1. The predicted octanol–water partition coefficient (Wildman–Crippen LogP) is 2.09. The van der Waals surface area contributed by atoms with Gasteiger partial charge in [0.2, 0.25) is 0 Å². The highest BCUT2D eigenvalue weighted by molar-refractivity contribution is 5.97. The molecule has 1 amide bonds. The first-order valence-corrected chi connectivity index (χ1v) is 6.69. The lowest BCUT2D eigenvalue weighted by molar-refractivity contribution is 0.0939. The summed E-state index contributed by atoms with van der Waals surface area (Å²) >= 11 is 0. The second kappa shape index (κ2) is 5.75. The van der Waals surface area contributed by atoms with E-state index in [0.29, 0.717) is 35.8 Å². The Bertz CT molecular complexity index is 669. The standard InChI is InChI=1S/C16H15NO4/c18-13-6-2-1-4-11(13)10-17-16(19)12-5-3-7-14-15(12)21-9-8-20-14/h1-7,18H,8-10H2,(H,17,19). The maximum Gasteiger partial charge on any atom is 0.255 e. The second-order valence-electron chi connectivity index (χ2n) is 4.64. The second-order valence-corrected chi connectivity index (χ2v) is 4.64. The van der Waals surface area contributed by atoms with Crippen LogP contribution >= 0.6 is 0 Å². The van der Waals surface area contributed by atoms with Crippen LogP contribution < -0.4 is 14.8 Å². The molecule has 5 nitrogen and oxygen atoms in total. The van der Waals surface area contributed by atoms with Crippen molar-refractivity contribution in [3.8, 4) is 17.2 Å². The molecule has 0 aromatic heterocycles. The van der Waals surface area contributed by atoms with Crippen molar-refractivity contribution in [3.63, 3.8) is 0 Å². The van der Waals surface area contributed by atoms with Crippen molar-refractivity contribution in [1.29, 1.82) is 0 Å². The van der Waals surface area contributed by atoms with Crippen molar-refractivity contribution in [3.05, 3.63) is 53.6 Å². The summed E-state index contributed by atoms with van der Waals surface area (Å²) < 4.78 is 11.0. The Balaban J connectivity index is 1.76. The number of nitrogens with one attached hydrogen (secondary N) is 1.